The Morgan fingerprint density at radius 2 is 1.75 bits per heavy atom. The fourth-order valence-electron chi connectivity index (χ4n) is 3.47. The number of carbonyl (C=O) groups is 1. The van der Waals surface area contributed by atoms with Crippen LogP contribution in [0.5, 0.6) is 0 Å². The molecule has 0 aliphatic carbocycles. The molecule has 0 atom stereocenters. The van der Waals surface area contributed by atoms with Crippen LogP contribution in [0.25, 0.3) is 22.4 Å². The lowest BCUT2D eigenvalue weighted by Gasteiger charge is -2.10. The molecule has 0 aliphatic heterocycles. The summed E-state index contributed by atoms with van der Waals surface area (Å²) in [5.74, 6) is -0.849. The summed E-state index contributed by atoms with van der Waals surface area (Å²) < 4.78 is 20.8. The van der Waals surface area contributed by atoms with Crippen molar-refractivity contribution in [3.05, 3.63) is 95.2 Å². The van der Waals surface area contributed by atoms with Gasteiger partial charge in [0.05, 0.1) is 0 Å². The Kier molecular flexibility index (Phi) is 6.61. The van der Waals surface area contributed by atoms with Crippen LogP contribution in [-0.2, 0) is 17.9 Å². The van der Waals surface area contributed by atoms with Crippen molar-refractivity contribution >= 4 is 17.6 Å². The summed E-state index contributed by atoms with van der Waals surface area (Å²) in [6, 6.07) is 16.9. The topological polar surface area (TPSA) is 57.0 Å². The monoisotopic (exact) mass is 449 g/mol. The molecule has 0 spiro atoms. The lowest BCUT2D eigenvalue weighted by Crippen LogP contribution is -2.14. The molecule has 0 aliphatic rings. The molecule has 2 aromatic heterocycles. The minimum absolute atomic E-state index is 0.0392. The first-order valence-electron chi connectivity index (χ1n) is 10.3. The van der Waals surface area contributed by atoms with E-state index in [1.54, 1.807) is 35.3 Å². The van der Waals surface area contributed by atoms with Crippen LogP contribution < -0.4 is 0 Å². The molecule has 2 heterocycles. The third-order valence-electron chi connectivity index (χ3n) is 4.98. The Balaban J connectivity index is 1.81. The van der Waals surface area contributed by atoms with Crippen LogP contribution in [0.3, 0.4) is 0 Å². The second-order valence-electron chi connectivity index (χ2n) is 7.21. The summed E-state index contributed by atoms with van der Waals surface area (Å²) in [6.45, 7) is 2.57. The number of carbonyl (C=O) groups excluding carboxylic acids is 1. The van der Waals surface area contributed by atoms with Crippen LogP contribution in [0.2, 0.25) is 5.02 Å². The standard InChI is InChI=1S/C25H21ClFN3O2/c1-2-15-30-24(25(31)32-16-19-5-3-4-6-21(19)26)22(17-11-13-28-14-12-17)23(29-30)18-7-9-20(27)10-8-18/h3-14H,2,15-16H2,1H3. The molecule has 7 heteroatoms. The van der Waals surface area contributed by atoms with Gasteiger partial charge in [0.1, 0.15) is 18.1 Å². The maximum Gasteiger partial charge on any atom is 0.357 e. The smallest absolute Gasteiger partial charge is 0.357 e. The van der Waals surface area contributed by atoms with E-state index in [0.717, 1.165) is 12.0 Å². The van der Waals surface area contributed by atoms with Crippen molar-refractivity contribution in [2.24, 2.45) is 0 Å². The number of rotatable bonds is 7. The first-order chi connectivity index (χ1) is 15.6. The van der Waals surface area contributed by atoms with Gasteiger partial charge in [-0.25, -0.2) is 9.18 Å². The lowest BCUT2D eigenvalue weighted by molar-refractivity contribution is 0.0459. The molecule has 0 bridgehead atoms. The average Bonchev–Trinajstić information content (AvgIpc) is 3.19. The van der Waals surface area contributed by atoms with E-state index in [1.807, 2.05) is 37.3 Å². The van der Waals surface area contributed by atoms with E-state index >= 15 is 0 Å². The second-order valence-corrected chi connectivity index (χ2v) is 7.61. The maximum atomic E-state index is 13.5. The highest BCUT2D eigenvalue weighted by Gasteiger charge is 2.27. The van der Waals surface area contributed by atoms with Gasteiger partial charge < -0.3 is 4.74 Å². The number of nitrogens with zero attached hydrogens (tertiary/aromatic N) is 3. The number of pyridine rings is 1. The van der Waals surface area contributed by atoms with Crippen LogP contribution >= 0.6 is 11.6 Å². The first-order valence-corrected chi connectivity index (χ1v) is 10.6. The molecule has 0 fully saturated rings. The fourth-order valence-corrected chi connectivity index (χ4v) is 3.66. The quantitative estimate of drug-likeness (QED) is 0.316. The molecule has 4 aromatic rings. The van der Waals surface area contributed by atoms with Gasteiger partial charge in [0, 0.05) is 40.7 Å². The highest BCUT2D eigenvalue weighted by atomic mass is 35.5. The Hall–Kier alpha value is -3.51. The normalized spacial score (nSPS) is 10.8. The molecule has 0 amide bonds. The fraction of sp³-hybridized carbons (Fsp3) is 0.160. The van der Waals surface area contributed by atoms with Gasteiger partial charge in [-0.3, -0.25) is 9.67 Å². The van der Waals surface area contributed by atoms with Crippen molar-refractivity contribution < 1.29 is 13.9 Å². The number of hydrogen-bond donors (Lipinski definition) is 0. The highest BCUT2D eigenvalue weighted by Crippen LogP contribution is 2.35. The van der Waals surface area contributed by atoms with E-state index < -0.39 is 5.97 Å². The first kappa shape index (κ1) is 21.7. The van der Waals surface area contributed by atoms with Crippen molar-refractivity contribution in [1.29, 1.82) is 0 Å². The number of aromatic nitrogens is 3. The van der Waals surface area contributed by atoms with Crippen LogP contribution in [0.1, 0.15) is 29.4 Å². The average molecular weight is 450 g/mol. The minimum atomic E-state index is -0.508. The molecule has 0 N–H and O–H groups in total. The molecule has 0 saturated carbocycles. The van der Waals surface area contributed by atoms with E-state index in [2.05, 4.69) is 4.98 Å². The van der Waals surface area contributed by atoms with Gasteiger partial charge >= 0.3 is 5.97 Å². The van der Waals surface area contributed by atoms with Crippen molar-refractivity contribution in [3.63, 3.8) is 0 Å². The molecular formula is C25H21ClFN3O2. The van der Waals surface area contributed by atoms with E-state index in [4.69, 9.17) is 21.4 Å². The zero-order chi connectivity index (χ0) is 22.5. The summed E-state index contributed by atoms with van der Waals surface area (Å²) in [6.07, 6.45) is 4.07. The number of ether oxygens (including phenoxy) is 1. The zero-order valence-corrected chi connectivity index (χ0v) is 18.2. The van der Waals surface area contributed by atoms with Crippen molar-refractivity contribution in [1.82, 2.24) is 14.8 Å². The summed E-state index contributed by atoms with van der Waals surface area (Å²) in [5, 5.41) is 5.25. The van der Waals surface area contributed by atoms with Gasteiger partial charge in [-0.15, -0.1) is 0 Å². The van der Waals surface area contributed by atoms with Gasteiger partial charge in [-0.05, 0) is 54.4 Å². The second kappa shape index (κ2) is 9.75. The van der Waals surface area contributed by atoms with Gasteiger partial charge in [-0.1, -0.05) is 36.7 Å². The number of aryl methyl sites for hydroxylation is 1. The summed E-state index contributed by atoms with van der Waals surface area (Å²) in [7, 11) is 0. The zero-order valence-electron chi connectivity index (χ0n) is 17.5. The van der Waals surface area contributed by atoms with Crippen LogP contribution in [-0.4, -0.2) is 20.7 Å². The molecule has 4 rings (SSSR count). The van der Waals surface area contributed by atoms with E-state index in [9.17, 15) is 9.18 Å². The molecule has 0 unspecified atom stereocenters. The Bertz CT molecular complexity index is 1220. The molecular weight excluding hydrogens is 429 g/mol. The predicted molar refractivity (Wildman–Crippen MR) is 122 cm³/mol. The van der Waals surface area contributed by atoms with Crippen molar-refractivity contribution in [3.8, 4) is 22.4 Å². The number of halogens is 2. The molecule has 32 heavy (non-hydrogen) atoms. The van der Waals surface area contributed by atoms with Crippen LogP contribution in [0, 0.1) is 5.82 Å². The Morgan fingerprint density at radius 3 is 2.44 bits per heavy atom. The van der Waals surface area contributed by atoms with E-state index in [-0.39, 0.29) is 12.4 Å². The predicted octanol–water partition coefficient (Wildman–Crippen LogP) is 6.17. The van der Waals surface area contributed by atoms with E-state index in [0.29, 0.717) is 39.6 Å². The molecule has 162 valence electrons. The summed E-state index contributed by atoms with van der Waals surface area (Å²) in [5.41, 5.74) is 3.73. The number of hydrogen-bond acceptors (Lipinski definition) is 4. The van der Waals surface area contributed by atoms with Crippen LogP contribution in [0.4, 0.5) is 4.39 Å². The largest absolute Gasteiger partial charge is 0.456 e. The third kappa shape index (κ3) is 4.55. The molecule has 0 radical (unpaired) electrons. The molecule has 2 aromatic carbocycles. The SMILES string of the molecule is CCCn1nc(-c2ccc(F)cc2)c(-c2ccncc2)c1C(=O)OCc1ccccc1Cl. The van der Waals surface area contributed by atoms with Gasteiger partial charge in [0.15, 0.2) is 5.69 Å². The summed E-state index contributed by atoms with van der Waals surface area (Å²) in [4.78, 5) is 17.4. The number of esters is 1. The van der Waals surface area contributed by atoms with Crippen LogP contribution in [0.15, 0.2) is 73.1 Å². The summed E-state index contributed by atoms with van der Waals surface area (Å²) >= 11 is 6.21. The molecule has 0 saturated heterocycles. The third-order valence-corrected chi connectivity index (χ3v) is 5.35. The van der Waals surface area contributed by atoms with Crippen molar-refractivity contribution in [2.75, 3.05) is 0 Å². The highest BCUT2D eigenvalue weighted by molar-refractivity contribution is 6.31. The Morgan fingerprint density at radius 1 is 1.03 bits per heavy atom. The number of benzene rings is 2. The molecule has 5 nitrogen and oxygen atoms in total. The maximum absolute atomic E-state index is 13.5. The van der Waals surface area contributed by atoms with E-state index in [1.165, 1.54) is 12.1 Å². The van der Waals surface area contributed by atoms with Crippen molar-refractivity contribution in [2.45, 2.75) is 26.5 Å². The van der Waals surface area contributed by atoms with Gasteiger partial charge in [0.2, 0.25) is 0 Å². The minimum Gasteiger partial charge on any atom is -0.456 e. The van der Waals surface area contributed by atoms with Gasteiger partial charge in [0.25, 0.3) is 0 Å². The van der Waals surface area contributed by atoms with Gasteiger partial charge in [-0.2, -0.15) is 5.10 Å². The Labute approximate surface area is 190 Å². The lowest BCUT2D eigenvalue weighted by atomic mass is 9.99.